The molecular formula is C16H26N2O2. The molecule has 4 nitrogen and oxygen atoms in total. The van der Waals surface area contributed by atoms with Crippen LogP contribution < -0.4 is 14.9 Å². The second kappa shape index (κ2) is 6.95. The number of hydrogen-bond acceptors (Lipinski definition) is 4. The summed E-state index contributed by atoms with van der Waals surface area (Å²) in [5, 5.41) is 2.38. The summed E-state index contributed by atoms with van der Waals surface area (Å²) in [7, 11) is 3.36. The van der Waals surface area contributed by atoms with Crippen molar-refractivity contribution in [2.45, 2.75) is 51.7 Å². The van der Waals surface area contributed by atoms with Crippen LogP contribution in [0.15, 0.2) is 18.2 Å². The van der Waals surface area contributed by atoms with Gasteiger partial charge in [-0.25, -0.2) is 5.01 Å². The van der Waals surface area contributed by atoms with Crippen LogP contribution in [0, 0.1) is 0 Å². The Hall–Kier alpha value is -1.26. The molecule has 0 aromatic heterocycles. The largest absolute Gasteiger partial charge is 0.497 e. The molecule has 2 unspecified atom stereocenters. The fraction of sp³-hybridized carbons (Fsp3) is 0.625. The molecule has 1 aromatic rings. The number of hydrazine groups is 1. The number of rotatable bonds is 5. The second-order valence-corrected chi connectivity index (χ2v) is 5.59. The summed E-state index contributed by atoms with van der Waals surface area (Å²) in [6, 6.07) is 7.18. The molecule has 1 N–H and O–H groups in total. The summed E-state index contributed by atoms with van der Waals surface area (Å²) < 4.78 is 10.6. The maximum absolute atomic E-state index is 5.31. The predicted molar refractivity (Wildman–Crippen MR) is 81.0 cm³/mol. The van der Waals surface area contributed by atoms with Gasteiger partial charge in [-0.15, -0.1) is 0 Å². The molecule has 0 spiro atoms. The van der Waals surface area contributed by atoms with E-state index in [1.165, 1.54) is 24.8 Å². The minimum Gasteiger partial charge on any atom is -0.497 e. The third kappa shape index (κ3) is 3.64. The minimum atomic E-state index is 0.589. The van der Waals surface area contributed by atoms with Crippen molar-refractivity contribution in [1.82, 2.24) is 10.4 Å². The first kappa shape index (κ1) is 15.1. The molecule has 1 aliphatic rings. The average molecular weight is 278 g/mol. The lowest BCUT2D eigenvalue weighted by molar-refractivity contribution is 0.0435. The van der Waals surface area contributed by atoms with Crippen molar-refractivity contribution in [1.29, 1.82) is 0 Å². The van der Waals surface area contributed by atoms with Crippen LogP contribution in [0.3, 0.4) is 0 Å². The number of methoxy groups -OCH3 is 2. The van der Waals surface area contributed by atoms with Crippen molar-refractivity contribution in [2.24, 2.45) is 0 Å². The van der Waals surface area contributed by atoms with Crippen LogP contribution in [0.5, 0.6) is 11.5 Å². The maximum atomic E-state index is 5.31. The molecule has 1 aliphatic heterocycles. The molecule has 4 heteroatoms. The zero-order valence-electron chi connectivity index (χ0n) is 13.0. The Kier molecular flexibility index (Phi) is 5.26. The zero-order valence-corrected chi connectivity index (χ0v) is 13.0. The average Bonchev–Trinajstić information content (AvgIpc) is 2.46. The molecule has 112 valence electrons. The molecular weight excluding hydrogens is 252 g/mol. The van der Waals surface area contributed by atoms with Gasteiger partial charge in [0.25, 0.3) is 0 Å². The van der Waals surface area contributed by atoms with Crippen LogP contribution in [0.4, 0.5) is 0 Å². The van der Waals surface area contributed by atoms with Crippen molar-refractivity contribution in [3.63, 3.8) is 0 Å². The smallest absolute Gasteiger partial charge is 0.122 e. The van der Waals surface area contributed by atoms with E-state index in [0.717, 1.165) is 18.0 Å². The van der Waals surface area contributed by atoms with Crippen LogP contribution in [0.1, 0.15) is 38.7 Å². The number of piperidine rings is 1. The molecule has 0 aliphatic carbocycles. The quantitative estimate of drug-likeness (QED) is 0.898. The van der Waals surface area contributed by atoms with E-state index in [1.54, 1.807) is 14.2 Å². The third-order valence-corrected chi connectivity index (χ3v) is 4.07. The molecule has 1 heterocycles. The SMILES string of the molecule is COc1cc(CNN2C(C)CCCC2C)cc(OC)c1. The maximum Gasteiger partial charge on any atom is 0.122 e. The molecule has 0 saturated carbocycles. The third-order valence-electron chi connectivity index (χ3n) is 4.07. The van der Waals surface area contributed by atoms with Gasteiger partial charge in [-0.1, -0.05) is 6.42 Å². The van der Waals surface area contributed by atoms with Crippen LogP contribution in [-0.4, -0.2) is 31.3 Å². The Morgan fingerprint density at radius 3 is 2.10 bits per heavy atom. The standard InChI is InChI=1S/C16H26N2O2/c1-12-6-5-7-13(2)18(12)17-11-14-8-15(19-3)10-16(9-14)20-4/h8-10,12-13,17H,5-7,11H2,1-4H3. The van der Waals surface area contributed by atoms with E-state index in [0.29, 0.717) is 12.1 Å². The Morgan fingerprint density at radius 1 is 1.05 bits per heavy atom. The molecule has 1 aromatic carbocycles. The Bertz CT molecular complexity index is 404. The first-order valence-electron chi connectivity index (χ1n) is 7.38. The van der Waals surface area contributed by atoms with Crippen LogP contribution in [-0.2, 0) is 6.54 Å². The first-order chi connectivity index (χ1) is 9.63. The topological polar surface area (TPSA) is 33.7 Å². The molecule has 0 amide bonds. The van der Waals surface area contributed by atoms with E-state index in [1.807, 2.05) is 6.07 Å². The molecule has 0 bridgehead atoms. The van der Waals surface area contributed by atoms with Gasteiger partial charge in [-0.3, -0.25) is 5.43 Å². The summed E-state index contributed by atoms with van der Waals surface area (Å²) in [5.74, 6) is 1.67. The van der Waals surface area contributed by atoms with Gasteiger partial charge in [0.15, 0.2) is 0 Å². The van der Waals surface area contributed by atoms with Gasteiger partial charge in [0, 0.05) is 24.7 Å². The van der Waals surface area contributed by atoms with Crippen molar-refractivity contribution in [3.8, 4) is 11.5 Å². The van der Waals surface area contributed by atoms with Crippen molar-refractivity contribution in [3.05, 3.63) is 23.8 Å². The Balaban J connectivity index is 2.02. The normalized spacial score (nSPS) is 23.6. The zero-order chi connectivity index (χ0) is 14.5. The summed E-state index contributed by atoms with van der Waals surface area (Å²) in [5.41, 5.74) is 4.73. The summed E-state index contributed by atoms with van der Waals surface area (Å²) >= 11 is 0. The van der Waals surface area contributed by atoms with Crippen LogP contribution in [0.2, 0.25) is 0 Å². The van der Waals surface area contributed by atoms with Gasteiger partial charge in [0.1, 0.15) is 11.5 Å². The Morgan fingerprint density at radius 2 is 1.60 bits per heavy atom. The molecule has 0 radical (unpaired) electrons. The monoisotopic (exact) mass is 278 g/mol. The highest BCUT2D eigenvalue weighted by Gasteiger charge is 2.24. The van der Waals surface area contributed by atoms with Gasteiger partial charge in [0.05, 0.1) is 14.2 Å². The van der Waals surface area contributed by atoms with Crippen LogP contribution in [0.25, 0.3) is 0 Å². The van der Waals surface area contributed by atoms with Crippen molar-refractivity contribution in [2.75, 3.05) is 14.2 Å². The fourth-order valence-electron chi connectivity index (χ4n) is 2.88. The van der Waals surface area contributed by atoms with Gasteiger partial charge < -0.3 is 9.47 Å². The number of hydrogen-bond donors (Lipinski definition) is 1. The lowest BCUT2D eigenvalue weighted by Crippen LogP contribution is -2.51. The Labute approximate surface area is 122 Å². The van der Waals surface area contributed by atoms with Crippen LogP contribution >= 0.6 is 0 Å². The number of ether oxygens (including phenoxy) is 2. The highest BCUT2D eigenvalue weighted by molar-refractivity contribution is 5.38. The van der Waals surface area contributed by atoms with E-state index in [-0.39, 0.29) is 0 Å². The number of nitrogens with one attached hydrogen (secondary N) is 1. The molecule has 1 fully saturated rings. The number of benzene rings is 1. The highest BCUT2D eigenvalue weighted by Crippen LogP contribution is 2.24. The fourth-order valence-corrected chi connectivity index (χ4v) is 2.88. The van der Waals surface area contributed by atoms with Gasteiger partial charge in [0.2, 0.25) is 0 Å². The van der Waals surface area contributed by atoms with E-state index in [2.05, 4.69) is 36.4 Å². The van der Waals surface area contributed by atoms with E-state index >= 15 is 0 Å². The van der Waals surface area contributed by atoms with Crippen molar-refractivity contribution < 1.29 is 9.47 Å². The summed E-state index contributed by atoms with van der Waals surface area (Å²) in [6.07, 6.45) is 3.85. The second-order valence-electron chi connectivity index (χ2n) is 5.59. The van der Waals surface area contributed by atoms with Gasteiger partial charge in [-0.2, -0.15) is 0 Å². The molecule has 2 atom stereocenters. The molecule has 1 saturated heterocycles. The predicted octanol–water partition coefficient (Wildman–Crippen LogP) is 2.97. The lowest BCUT2D eigenvalue weighted by atomic mass is 10.00. The molecule has 20 heavy (non-hydrogen) atoms. The summed E-state index contributed by atoms with van der Waals surface area (Å²) in [4.78, 5) is 0. The molecule has 2 rings (SSSR count). The minimum absolute atomic E-state index is 0.589. The highest BCUT2D eigenvalue weighted by atomic mass is 16.5. The van der Waals surface area contributed by atoms with E-state index in [9.17, 15) is 0 Å². The van der Waals surface area contributed by atoms with Gasteiger partial charge in [-0.05, 0) is 44.4 Å². The first-order valence-corrected chi connectivity index (χ1v) is 7.38. The number of nitrogens with zero attached hydrogens (tertiary/aromatic N) is 1. The lowest BCUT2D eigenvalue weighted by Gasteiger charge is -2.39. The van der Waals surface area contributed by atoms with E-state index < -0.39 is 0 Å². The summed E-state index contributed by atoms with van der Waals surface area (Å²) in [6.45, 7) is 5.37. The van der Waals surface area contributed by atoms with Gasteiger partial charge >= 0.3 is 0 Å². The van der Waals surface area contributed by atoms with Crippen molar-refractivity contribution >= 4 is 0 Å². The van der Waals surface area contributed by atoms with E-state index in [4.69, 9.17) is 9.47 Å².